The summed E-state index contributed by atoms with van der Waals surface area (Å²) in [7, 11) is 3.18. The van der Waals surface area contributed by atoms with Crippen molar-refractivity contribution < 1.29 is 53.4 Å². The van der Waals surface area contributed by atoms with Crippen LogP contribution < -0.4 is 29.0 Å². The van der Waals surface area contributed by atoms with Gasteiger partial charge < -0.3 is 54.1 Å². The van der Waals surface area contributed by atoms with E-state index in [1.165, 1.54) is 24.0 Å². The van der Waals surface area contributed by atoms with E-state index in [2.05, 4.69) is 89.3 Å². The third kappa shape index (κ3) is 13.6. The van der Waals surface area contributed by atoms with Crippen molar-refractivity contribution in [3.63, 3.8) is 0 Å². The normalized spacial score (nSPS) is 22.1. The Hall–Kier alpha value is -10.9. The van der Waals surface area contributed by atoms with Crippen LogP contribution in [-0.2, 0) is 13.0 Å². The number of ether oxygens (including phenoxy) is 5. The fourth-order valence-electron chi connectivity index (χ4n) is 19.7. The van der Waals surface area contributed by atoms with E-state index in [-0.39, 0.29) is 47.7 Å². The van der Waals surface area contributed by atoms with Gasteiger partial charge in [-0.25, -0.2) is 29.9 Å². The van der Waals surface area contributed by atoms with E-state index in [1.54, 1.807) is 32.4 Å². The number of aromatic nitrogens is 6. The zero-order valence-electron chi connectivity index (χ0n) is 67.1. The number of hydrogen-bond donors (Lipinski definition) is 4. The first-order chi connectivity index (χ1) is 55.4. The number of carbonyl (C=O) groups excluding carboxylic acids is 3. The third-order valence-corrected chi connectivity index (χ3v) is 26.1. The highest BCUT2D eigenvalue weighted by atomic mass is 16.5. The van der Waals surface area contributed by atoms with Gasteiger partial charge in [-0.15, -0.1) is 0 Å². The molecular weight excluding hydrogens is 1440 g/mol. The Morgan fingerprint density at radius 2 is 0.843 bits per heavy atom. The van der Waals surface area contributed by atoms with Crippen molar-refractivity contribution in [2.24, 2.45) is 23.7 Å². The Bertz CT molecular complexity index is 6110. The van der Waals surface area contributed by atoms with Crippen LogP contribution in [0.5, 0.6) is 28.7 Å². The maximum Gasteiger partial charge on any atom is 0.253 e. The maximum absolute atomic E-state index is 13.3. The van der Waals surface area contributed by atoms with Gasteiger partial charge in [0.15, 0.2) is 0 Å². The van der Waals surface area contributed by atoms with E-state index in [0.29, 0.717) is 139 Å². The average molecular weight is 1540 g/mol. The second-order valence-electron chi connectivity index (χ2n) is 34.8. The van der Waals surface area contributed by atoms with Crippen LogP contribution in [-0.4, -0.2) is 148 Å². The molecular formula is C95H99N9O11. The molecule has 3 amide bonds. The van der Waals surface area contributed by atoms with Crippen molar-refractivity contribution in [1.29, 1.82) is 0 Å². The third-order valence-electron chi connectivity index (χ3n) is 26.1. The van der Waals surface area contributed by atoms with E-state index in [1.807, 2.05) is 109 Å². The highest BCUT2D eigenvalue weighted by Gasteiger charge is 2.50. The Morgan fingerprint density at radius 1 is 0.443 bits per heavy atom. The first-order valence-corrected chi connectivity index (χ1v) is 41.0. The SMILES string of the molecule is COc1ccc(CNC(=O)c2ccc3nc4c(nc3c2)c2c(c3ccccc34)OC(C)(C)C(O)C2)c(OC)c1.C[C@H]1CC[C@H]2[C@H](C1)c1c(c3ccccc3c3nc4cc(C(=O)N5CCC(O)CC5)ccc4nc13)OC2(C)C.C[C@H]1CC[C@H]2[C@H](C1)c1c(c3ccccc3c3nc4ccc(C(=O)N5CCC(O)CC5)cc4nc13)OC2(C)C. The van der Waals surface area contributed by atoms with Gasteiger partial charge in [-0.05, 0) is 183 Å². The molecule has 4 fully saturated rings. The number of amides is 3. The lowest BCUT2D eigenvalue weighted by Crippen LogP contribution is -2.46. The van der Waals surface area contributed by atoms with Crippen molar-refractivity contribution in [2.45, 2.75) is 180 Å². The smallest absolute Gasteiger partial charge is 0.253 e. The predicted octanol–water partition coefficient (Wildman–Crippen LogP) is 17.4. The minimum atomic E-state index is -0.731. The molecule has 3 aromatic heterocycles. The number of benzene rings is 10. The van der Waals surface area contributed by atoms with Gasteiger partial charge in [-0.1, -0.05) is 99.5 Å². The molecule has 13 aromatic rings. The fourth-order valence-corrected chi connectivity index (χ4v) is 19.7. The average Bonchev–Trinajstić information content (AvgIpc) is 0.722. The van der Waals surface area contributed by atoms with Crippen LogP contribution in [0.25, 0.3) is 98.5 Å². The lowest BCUT2D eigenvalue weighted by molar-refractivity contribution is -0.0396. The van der Waals surface area contributed by atoms with E-state index in [9.17, 15) is 29.7 Å². The molecule has 20 nitrogen and oxygen atoms in total. The standard InChI is InChI=1S/2C32H35N3O3.C31H29N3O5/c1-18-8-10-24-23(16-18)27-29-28(21-6-4-5-7-22(21)30(27)38-32(24,2)3)34-26-17-19(9-11-25(26)33-29)31(37)35-14-12-20(36)13-15-35;1-18-8-10-24-23(16-18)27-29-28(21-6-4-5-7-22(21)30(27)38-32(24,2)3)33-25-11-9-19(17-26(25)34-29)31(37)35-14-12-20(36)13-15-35;1-31(2)26(35)15-22-28-27(20-7-5-6-8-21(20)29(22)39-31)33-23-12-10-17(13-24(23)34-28)30(36)32-16-18-9-11-19(37-3)14-25(18)38-4/h2*4-7,9,11,17-18,20,23-24,36H,8,10,12-16H2,1-3H3;5-14,26,35H,15-16H2,1-4H3,(H,32,36)/t2*18-,23-,24-;/m00./s1. The summed E-state index contributed by atoms with van der Waals surface area (Å²) in [6.45, 7) is 20.1. The lowest BCUT2D eigenvalue weighted by atomic mass is 9.64. The highest BCUT2D eigenvalue weighted by Crippen LogP contribution is 2.59. The molecule has 8 heterocycles. The Balaban J connectivity index is 0.000000120. The van der Waals surface area contributed by atoms with Crippen molar-refractivity contribution in [3.05, 3.63) is 185 Å². The quantitative estimate of drug-likeness (QED) is 0.0854. The molecule has 2 saturated heterocycles. The van der Waals surface area contributed by atoms with E-state index >= 15 is 0 Å². The number of fused-ring (bicyclic) bond motifs is 25. The molecule has 2 saturated carbocycles. The number of piperidine rings is 2. The molecule has 0 radical (unpaired) electrons. The van der Waals surface area contributed by atoms with Crippen LogP contribution in [0.4, 0.5) is 0 Å². The first kappa shape index (κ1) is 75.4. The summed E-state index contributed by atoms with van der Waals surface area (Å²) < 4.78 is 30.7. The Labute approximate surface area is 667 Å². The summed E-state index contributed by atoms with van der Waals surface area (Å²) in [5, 5.41) is 39.6. The topological polar surface area (TPSA) is 254 Å². The minimum Gasteiger partial charge on any atom is -0.497 e. The summed E-state index contributed by atoms with van der Waals surface area (Å²) in [6.07, 6.45) is 8.60. The molecule has 7 aliphatic rings. The Morgan fingerprint density at radius 3 is 1.31 bits per heavy atom. The van der Waals surface area contributed by atoms with Crippen LogP contribution >= 0.6 is 0 Å². The molecule has 0 spiro atoms. The number of rotatable bonds is 7. The second-order valence-corrected chi connectivity index (χ2v) is 34.8. The summed E-state index contributed by atoms with van der Waals surface area (Å²) in [5.74, 6) is 6.65. The van der Waals surface area contributed by atoms with Crippen LogP contribution in [0, 0.1) is 23.7 Å². The van der Waals surface area contributed by atoms with Crippen LogP contribution in [0.3, 0.4) is 0 Å². The molecule has 7 atom stereocenters. The molecule has 2 aliphatic carbocycles. The van der Waals surface area contributed by atoms with Gasteiger partial charge in [0.1, 0.15) is 45.6 Å². The lowest BCUT2D eigenvalue weighted by Gasteiger charge is -2.49. The van der Waals surface area contributed by atoms with Gasteiger partial charge in [0.05, 0.1) is 98.7 Å². The molecule has 0 bridgehead atoms. The van der Waals surface area contributed by atoms with Crippen LogP contribution in [0.1, 0.15) is 185 Å². The number of aliphatic hydroxyl groups excluding tert-OH is 3. The number of aliphatic hydroxyl groups is 3. The summed E-state index contributed by atoms with van der Waals surface area (Å²) in [5.41, 5.74) is 14.0. The monoisotopic (exact) mass is 1540 g/mol. The van der Waals surface area contributed by atoms with Crippen molar-refractivity contribution >= 4 is 116 Å². The number of carbonyl (C=O) groups is 3. The summed E-state index contributed by atoms with van der Waals surface area (Å²) in [4.78, 5) is 74.0. The van der Waals surface area contributed by atoms with Gasteiger partial charge >= 0.3 is 0 Å². The number of methoxy groups -OCH3 is 2. The number of nitrogens with zero attached hydrogens (tertiary/aromatic N) is 8. The van der Waals surface area contributed by atoms with Gasteiger partial charge in [0.25, 0.3) is 17.7 Å². The van der Waals surface area contributed by atoms with Crippen LogP contribution in [0.15, 0.2) is 146 Å². The maximum atomic E-state index is 13.3. The van der Waals surface area contributed by atoms with Gasteiger partial charge in [-0.3, -0.25) is 14.4 Å². The van der Waals surface area contributed by atoms with Crippen molar-refractivity contribution in [3.8, 4) is 28.7 Å². The summed E-state index contributed by atoms with van der Waals surface area (Å²) >= 11 is 0. The molecule has 20 heteroatoms. The Kier molecular flexibility index (Phi) is 19.3. The minimum absolute atomic E-state index is 0.00695. The molecule has 590 valence electrons. The highest BCUT2D eigenvalue weighted by molar-refractivity contribution is 6.14. The number of likely N-dealkylation sites (tertiary alicyclic amines) is 2. The first-order valence-electron chi connectivity index (χ1n) is 41.0. The van der Waals surface area contributed by atoms with Gasteiger partial charge in [0.2, 0.25) is 0 Å². The van der Waals surface area contributed by atoms with Gasteiger partial charge in [-0.2, -0.15) is 0 Å². The molecule has 10 aromatic carbocycles. The van der Waals surface area contributed by atoms with Crippen LogP contribution in [0.2, 0.25) is 0 Å². The zero-order chi connectivity index (χ0) is 79.7. The molecule has 20 rings (SSSR count). The predicted molar refractivity (Wildman–Crippen MR) is 449 cm³/mol. The molecule has 4 N–H and O–H groups in total. The summed E-state index contributed by atoms with van der Waals surface area (Å²) in [6, 6.07) is 46.9. The fraction of sp³-hybridized carbons (Fsp3) is 0.400. The zero-order valence-corrected chi connectivity index (χ0v) is 67.1. The molecule has 5 aliphatic heterocycles. The number of hydrogen-bond acceptors (Lipinski definition) is 17. The number of nitrogens with one attached hydrogen (secondary N) is 1. The second kappa shape index (κ2) is 29.4. The van der Waals surface area contributed by atoms with Gasteiger partial charge in [0, 0.05) is 128 Å². The van der Waals surface area contributed by atoms with Crippen molar-refractivity contribution in [1.82, 2.24) is 45.0 Å². The largest absolute Gasteiger partial charge is 0.497 e. The van der Waals surface area contributed by atoms with Crippen molar-refractivity contribution in [2.75, 3.05) is 40.4 Å². The van der Waals surface area contributed by atoms with E-state index in [0.717, 1.165) is 136 Å². The van der Waals surface area contributed by atoms with E-state index < -0.39 is 11.7 Å². The molecule has 115 heavy (non-hydrogen) atoms. The van der Waals surface area contributed by atoms with E-state index in [4.69, 9.17) is 53.6 Å². The molecule has 1 unspecified atom stereocenters.